The monoisotopic (exact) mass is 393 g/mol. The van der Waals surface area contributed by atoms with Crippen molar-refractivity contribution < 1.29 is 19.0 Å². The highest BCUT2D eigenvalue weighted by Crippen LogP contribution is 2.26. The van der Waals surface area contributed by atoms with E-state index in [1.807, 2.05) is 31.2 Å². The van der Waals surface area contributed by atoms with Gasteiger partial charge in [0.2, 0.25) is 0 Å². The Bertz CT molecular complexity index is 427. The first-order valence-electron chi connectivity index (χ1n) is 6.31. The molecule has 1 amide bonds. The van der Waals surface area contributed by atoms with Crippen molar-refractivity contribution in [2.45, 2.75) is 19.4 Å². The summed E-state index contributed by atoms with van der Waals surface area (Å²) in [7, 11) is 1.58. The summed E-state index contributed by atoms with van der Waals surface area (Å²) in [6, 6.07) is 7.83. The highest BCUT2D eigenvalue weighted by atomic mass is 127. The normalized spacial score (nSPS) is 13.8. The standard InChI is InChI=1S/C14H20INO4/c1-10(8-19-9-18-2)6-13(20-14(16)17)11-4-3-5-12(15)7-11/h3-5,7,10,13H,6,8-9H2,1-2H3,(H2,16,17)/t10-,13-/m0/s1. The molecule has 0 unspecified atom stereocenters. The molecule has 0 saturated carbocycles. The molecule has 0 aromatic heterocycles. The van der Waals surface area contributed by atoms with Crippen LogP contribution in [0, 0.1) is 9.49 Å². The molecule has 112 valence electrons. The van der Waals surface area contributed by atoms with Crippen LogP contribution in [-0.2, 0) is 14.2 Å². The Labute approximate surface area is 132 Å². The van der Waals surface area contributed by atoms with Crippen LogP contribution < -0.4 is 5.73 Å². The zero-order chi connectivity index (χ0) is 15.0. The van der Waals surface area contributed by atoms with Crippen LogP contribution in [0.4, 0.5) is 4.79 Å². The summed E-state index contributed by atoms with van der Waals surface area (Å²) >= 11 is 2.22. The van der Waals surface area contributed by atoms with Gasteiger partial charge in [0.1, 0.15) is 12.9 Å². The number of methoxy groups -OCH3 is 1. The van der Waals surface area contributed by atoms with Gasteiger partial charge in [-0.3, -0.25) is 0 Å². The Balaban J connectivity index is 2.67. The lowest BCUT2D eigenvalue weighted by atomic mass is 9.98. The fraction of sp³-hybridized carbons (Fsp3) is 0.500. The van der Waals surface area contributed by atoms with Gasteiger partial charge >= 0.3 is 6.09 Å². The summed E-state index contributed by atoms with van der Waals surface area (Å²) in [5.74, 6) is 0.215. The van der Waals surface area contributed by atoms with Gasteiger partial charge in [0.25, 0.3) is 0 Å². The third-order valence-corrected chi connectivity index (χ3v) is 3.37. The zero-order valence-electron chi connectivity index (χ0n) is 11.7. The molecule has 0 aliphatic heterocycles. The zero-order valence-corrected chi connectivity index (χ0v) is 13.8. The lowest BCUT2D eigenvalue weighted by Crippen LogP contribution is -2.20. The van der Waals surface area contributed by atoms with E-state index in [1.165, 1.54) is 0 Å². The summed E-state index contributed by atoms with van der Waals surface area (Å²) in [5.41, 5.74) is 6.09. The van der Waals surface area contributed by atoms with Crippen LogP contribution in [0.1, 0.15) is 25.0 Å². The molecule has 0 saturated heterocycles. The number of ether oxygens (including phenoxy) is 3. The largest absolute Gasteiger partial charge is 0.442 e. The molecule has 0 spiro atoms. The molecule has 6 heteroatoms. The van der Waals surface area contributed by atoms with E-state index < -0.39 is 6.09 Å². The molecule has 0 aliphatic rings. The number of hydrogen-bond acceptors (Lipinski definition) is 4. The molecule has 5 nitrogen and oxygen atoms in total. The predicted molar refractivity (Wildman–Crippen MR) is 84.2 cm³/mol. The summed E-state index contributed by atoms with van der Waals surface area (Å²) in [5, 5.41) is 0. The lowest BCUT2D eigenvalue weighted by Gasteiger charge is -2.21. The van der Waals surface area contributed by atoms with Crippen LogP contribution in [0.3, 0.4) is 0 Å². The SMILES string of the molecule is COCOC[C@@H](C)C[C@H](OC(N)=O)c1cccc(I)c1. The topological polar surface area (TPSA) is 70.8 Å². The Kier molecular flexibility index (Phi) is 7.86. The number of benzene rings is 1. The van der Waals surface area contributed by atoms with E-state index in [2.05, 4.69) is 22.6 Å². The van der Waals surface area contributed by atoms with Crippen molar-refractivity contribution in [1.82, 2.24) is 0 Å². The van der Waals surface area contributed by atoms with E-state index in [-0.39, 0.29) is 18.8 Å². The molecule has 20 heavy (non-hydrogen) atoms. The number of rotatable bonds is 8. The Morgan fingerprint density at radius 2 is 2.20 bits per heavy atom. The van der Waals surface area contributed by atoms with Gasteiger partial charge in [0, 0.05) is 10.7 Å². The highest BCUT2D eigenvalue weighted by Gasteiger charge is 2.19. The molecule has 2 N–H and O–H groups in total. The first-order chi connectivity index (χ1) is 9.52. The number of carbonyl (C=O) groups is 1. The Morgan fingerprint density at radius 1 is 1.45 bits per heavy atom. The van der Waals surface area contributed by atoms with Crippen LogP contribution in [-0.4, -0.2) is 26.6 Å². The van der Waals surface area contributed by atoms with Gasteiger partial charge in [-0.2, -0.15) is 0 Å². The third kappa shape index (κ3) is 6.53. The van der Waals surface area contributed by atoms with Crippen LogP contribution in [0.5, 0.6) is 0 Å². The molecule has 1 aromatic carbocycles. The van der Waals surface area contributed by atoms with Crippen LogP contribution in [0.25, 0.3) is 0 Å². The molecular weight excluding hydrogens is 373 g/mol. The van der Waals surface area contributed by atoms with Crippen molar-refractivity contribution >= 4 is 28.7 Å². The lowest BCUT2D eigenvalue weighted by molar-refractivity contribution is -0.0465. The molecule has 1 rings (SSSR count). The van der Waals surface area contributed by atoms with Crippen molar-refractivity contribution in [1.29, 1.82) is 0 Å². The first-order valence-corrected chi connectivity index (χ1v) is 7.39. The third-order valence-electron chi connectivity index (χ3n) is 2.70. The second kappa shape index (κ2) is 9.15. The molecule has 0 fully saturated rings. The van der Waals surface area contributed by atoms with Gasteiger partial charge in [0.05, 0.1) is 6.61 Å². The van der Waals surface area contributed by atoms with E-state index in [9.17, 15) is 4.79 Å². The van der Waals surface area contributed by atoms with E-state index >= 15 is 0 Å². The number of amides is 1. The van der Waals surface area contributed by atoms with E-state index in [0.29, 0.717) is 13.0 Å². The van der Waals surface area contributed by atoms with Gasteiger partial charge in [0.15, 0.2) is 0 Å². The smallest absolute Gasteiger partial charge is 0.405 e. The second-order valence-corrected chi connectivity index (χ2v) is 5.84. The van der Waals surface area contributed by atoms with Crippen LogP contribution in [0.2, 0.25) is 0 Å². The summed E-state index contributed by atoms with van der Waals surface area (Å²) < 4.78 is 16.4. The average Bonchev–Trinajstić information content (AvgIpc) is 2.38. The van der Waals surface area contributed by atoms with Crippen LogP contribution >= 0.6 is 22.6 Å². The van der Waals surface area contributed by atoms with Gasteiger partial charge in [-0.1, -0.05) is 19.1 Å². The summed E-state index contributed by atoms with van der Waals surface area (Å²) in [6.07, 6.45) is -0.477. The second-order valence-electron chi connectivity index (χ2n) is 4.60. The average molecular weight is 393 g/mol. The number of carbonyl (C=O) groups excluding carboxylic acids is 1. The minimum atomic E-state index is -0.765. The predicted octanol–water partition coefficient (Wildman–Crippen LogP) is 3.07. The minimum absolute atomic E-state index is 0.215. The van der Waals surface area contributed by atoms with Crippen molar-refractivity contribution in [2.24, 2.45) is 11.7 Å². The highest BCUT2D eigenvalue weighted by molar-refractivity contribution is 14.1. The number of primary amides is 1. The molecule has 0 bridgehead atoms. The van der Waals surface area contributed by atoms with Gasteiger partial charge < -0.3 is 19.9 Å². The van der Waals surface area contributed by atoms with Gasteiger partial charge in [-0.15, -0.1) is 0 Å². The van der Waals surface area contributed by atoms with Crippen molar-refractivity contribution in [3.8, 4) is 0 Å². The number of halogens is 1. The molecule has 0 heterocycles. The van der Waals surface area contributed by atoms with Gasteiger partial charge in [-0.05, 0) is 52.6 Å². The molecule has 0 aliphatic carbocycles. The Morgan fingerprint density at radius 3 is 2.80 bits per heavy atom. The molecule has 2 atom stereocenters. The van der Waals surface area contributed by atoms with Crippen molar-refractivity contribution in [3.05, 3.63) is 33.4 Å². The Hall–Kier alpha value is -0.860. The minimum Gasteiger partial charge on any atom is -0.442 e. The fourth-order valence-corrected chi connectivity index (χ4v) is 2.43. The maximum absolute atomic E-state index is 11.1. The molecular formula is C14H20INO4. The van der Waals surface area contributed by atoms with E-state index in [4.69, 9.17) is 19.9 Å². The van der Waals surface area contributed by atoms with Crippen molar-refractivity contribution in [3.63, 3.8) is 0 Å². The maximum atomic E-state index is 11.1. The van der Waals surface area contributed by atoms with Gasteiger partial charge in [-0.25, -0.2) is 4.79 Å². The van der Waals surface area contributed by atoms with E-state index in [1.54, 1.807) is 7.11 Å². The molecule has 0 radical (unpaired) electrons. The van der Waals surface area contributed by atoms with E-state index in [0.717, 1.165) is 9.13 Å². The number of hydrogen-bond donors (Lipinski definition) is 1. The number of nitrogens with two attached hydrogens (primary N) is 1. The summed E-state index contributed by atoms with van der Waals surface area (Å²) in [4.78, 5) is 11.1. The fourth-order valence-electron chi connectivity index (χ4n) is 1.87. The summed E-state index contributed by atoms with van der Waals surface area (Å²) in [6.45, 7) is 2.83. The first kappa shape index (κ1) is 17.2. The maximum Gasteiger partial charge on any atom is 0.405 e. The van der Waals surface area contributed by atoms with Crippen LogP contribution in [0.15, 0.2) is 24.3 Å². The quantitative estimate of drug-likeness (QED) is 0.419. The molecule has 1 aromatic rings. The van der Waals surface area contributed by atoms with Crippen molar-refractivity contribution in [2.75, 3.05) is 20.5 Å².